The molecule has 1 aromatic carbocycles. The van der Waals surface area contributed by atoms with E-state index in [0.717, 1.165) is 22.4 Å². The molecule has 2 rings (SSSR count). The normalized spacial score (nSPS) is 22.4. The molecule has 1 nitrogen and oxygen atoms in total. The SMILES string of the molecule is [2H]C1([2H])N=C(C)c2ccc(C#CCBr)cc2C1C(C)(C)C. The van der Waals surface area contributed by atoms with E-state index in [9.17, 15) is 0 Å². The molecule has 19 heavy (non-hydrogen) atoms. The summed E-state index contributed by atoms with van der Waals surface area (Å²) in [4.78, 5) is 4.30. The average Bonchev–Trinajstić information content (AvgIpc) is 2.32. The second-order valence-corrected chi connectivity index (χ2v) is 6.42. The van der Waals surface area contributed by atoms with E-state index < -0.39 is 6.50 Å². The van der Waals surface area contributed by atoms with Crippen molar-refractivity contribution in [3.8, 4) is 11.8 Å². The summed E-state index contributed by atoms with van der Waals surface area (Å²) < 4.78 is 16.7. The van der Waals surface area contributed by atoms with Crippen LogP contribution in [0.2, 0.25) is 0 Å². The molecule has 1 aliphatic rings. The van der Waals surface area contributed by atoms with Crippen LogP contribution < -0.4 is 0 Å². The van der Waals surface area contributed by atoms with Gasteiger partial charge in [0.2, 0.25) is 0 Å². The van der Waals surface area contributed by atoms with Crippen molar-refractivity contribution >= 4 is 21.6 Å². The van der Waals surface area contributed by atoms with Gasteiger partial charge in [0.1, 0.15) is 0 Å². The number of hydrogen-bond acceptors (Lipinski definition) is 1. The largest absolute Gasteiger partial charge is 0.289 e. The summed E-state index contributed by atoms with van der Waals surface area (Å²) in [5.74, 6) is 5.82. The maximum absolute atomic E-state index is 8.34. The summed E-state index contributed by atoms with van der Waals surface area (Å²) >= 11 is 3.30. The number of rotatable bonds is 0. The van der Waals surface area contributed by atoms with E-state index in [1.807, 2.05) is 25.1 Å². The van der Waals surface area contributed by atoms with Gasteiger partial charge < -0.3 is 0 Å². The maximum atomic E-state index is 8.34. The minimum Gasteiger partial charge on any atom is -0.289 e. The first-order valence-electron chi connectivity index (χ1n) is 7.42. The van der Waals surface area contributed by atoms with Gasteiger partial charge in [-0.3, -0.25) is 4.99 Å². The van der Waals surface area contributed by atoms with Crippen molar-refractivity contribution in [1.82, 2.24) is 0 Å². The molecule has 1 atom stereocenters. The molecular formula is C17H20BrN. The Kier molecular flexibility index (Phi) is 3.40. The molecule has 0 bridgehead atoms. The number of fused-ring (bicyclic) bond motifs is 1. The second kappa shape index (κ2) is 5.51. The standard InChI is InChI=1S/C17H20BrN/c1-12-14-8-7-13(6-5-9-18)10-15(14)16(11-19-12)17(2,3)4/h7-8,10,16H,9,11H2,1-4H3/i11D2. The lowest BCUT2D eigenvalue weighted by molar-refractivity contribution is 0.323. The van der Waals surface area contributed by atoms with Crippen molar-refractivity contribution in [2.75, 3.05) is 11.8 Å². The topological polar surface area (TPSA) is 12.4 Å². The van der Waals surface area contributed by atoms with Crippen LogP contribution in [-0.4, -0.2) is 17.5 Å². The van der Waals surface area contributed by atoms with Crippen LogP contribution in [0.5, 0.6) is 0 Å². The van der Waals surface area contributed by atoms with Crippen LogP contribution in [0.3, 0.4) is 0 Å². The number of nitrogens with zero attached hydrogens (tertiary/aromatic N) is 1. The third kappa shape index (κ3) is 3.09. The third-order valence-electron chi connectivity index (χ3n) is 3.28. The number of alkyl halides is 1. The van der Waals surface area contributed by atoms with Gasteiger partial charge in [0.15, 0.2) is 0 Å². The van der Waals surface area contributed by atoms with E-state index in [2.05, 4.69) is 53.5 Å². The molecule has 0 saturated carbocycles. The molecule has 1 aromatic rings. The summed E-state index contributed by atoms with van der Waals surface area (Å²) in [6, 6.07) is 6.02. The Balaban J connectivity index is 2.66. The lowest BCUT2D eigenvalue weighted by atomic mass is 9.73. The Bertz CT molecular complexity index is 645. The highest BCUT2D eigenvalue weighted by molar-refractivity contribution is 9.09. The van der Waals surface area contributed by atoms with Crippen molar-refractivity contribution in [2.45, 2.75) is 33.6 Å². The first kappa shape index (κ1) is 11.7. The Morgan fingerprint density at radius 3 is 2.84 bits per heavy atom. The van der Waals surface area contributed by atoms with Gasteiger partial charge in [0.05, 0.1) is 8.07 Å². The van der Waals surface area contributed by atoms with Crippen molar-refractivity contribution < 1.29 is 2.74 Å². The van der Waals surface area contributed by atoms with Gasteiger partial charge in [-0.25, -0.2) is 0 Å². The second-order valence-electron chi connectivity index (χ2n) is 5.86. The lowest BCUT2D eigenvalue weighted by Crippen LogP contribution is -2.26. The maximum Gasteiger partial charge on any atom is 0.0649 e. The highest BCUT2D eigenvalue weighted by Gasteiger charge is 2.30. The van der Waals surface area contributed by atoms with E-state index in [0.29, 0.717) is 5.33 Å². The predicted octanol–water partition coefficient (Wildman–Crippen LogP) is 4.39. The molecule has 1 unspecified atom stereocenters. The molecule has 0 aromatic heterocycles. The molecule has 2 heteroatoms. The molecule has 0 N–H and O–H groups in total. The molecule has 0 saturated heterocycles. The zero-order valence-electron chi connectivity index (χ0n) is 13.8. The Morgan fingerprint density at radius 1 is 1.47 bits per heavy atom. The van der Waals surface area contributed by atoms with Crippen molar-refractivity contribution in [3.63, 3.8) is 0 Å². The zero-order valence-corrected chi connectivity index (χ0v) is 13.4. The fourth-order valence-electron chi connectivity index (χ4n) is 2.30. The van der Waals surface area contributed by atoms with Gasteiger partial charge in [-0.05, 0) is 35.6 Å². The molecule has 0 spiro atoms. The van der Waals surface area contributed by atoms with Crippen molar-refractivity contribution in [1.29, 1.82) is 0 Å². The summed E-state index contributed by atoms with van der Waals surface area (Å²) in [5, 5.41) is 0.633. The first-order valence-corrected chi connectivity index (χ1v) is 7.54. The molecule has 0 aliphatic carbocycles. The van der Waals surface area contributed by atoms with Gasteiger partial charge >= 0.3 is 0 Å². The highest BCUT2D eigenvalue weighted by atomic mass is 79.9. The van der Waals surface area contributed by atoms with E-state index >= 15 is 0 Å². The van der Waals surface area contributed by atoms with Crippen LogP contribution >= 0.6 is 15.9 Å². The minimum atomic E-state index is -1.59. The molecule has 1 aliphatic heterocycles. The molecule has 0 amide bonds. The first-order chi connectivity index (χ1) is 9.66. The van der Waals surface area contributed by atoms with Crippen molar-refractivity contribution in [3.05, 3.63) is 34.9 Å². The molecule has 1 heterocycles. The van der Waals surface area contributed by atoms with Crippen LogP contribution in [-0.2, 0) is 0 Å². The number of benzene rings is 1. The molecular weight excluding hydrogens is 298 g/mol. The van der Waals surface area contributed by atoms with Gasteiger partial charge in [-0.2, -0.15) is 0 Å². The highest BCUT2D eigenvalue weighted by Crippen LogP contribution is 2.39. The van der Waals surface area contributed by atoms with E-state index in [-0.39, 0.29) is 11.3 Å². The Morgan fingerprint density at radius 2 is 2.21 bits per heavy atom. The average molecular weight is 320 g/mol. The van der Waals surface area contributed by atoms with Gasteiger partial charge in [-0.1, -0.05) is 54.6 Å². The lowest BCUT2D eigenvalue weighted by Gasteiger charge is -2.34. The molecule has 0 radical (unpaired) electrons. The summed E-state index contributed by atoms with van der Waals surface area (Å²) in [7, 11) is 0. The summed E-state index contributed by atoms with van der Waals surface area (Å²) in [6.45, 7) is 6.47. The van der Waals surface area contributed by atoms with Gasteiger partial charge in [-0.15, -0.1) is 0 Å². The minimum absolute atomic E-state index is 0.218. The van der Waals surface area contributed by atoms with Crippen molar-refractivity contribution in [2.24, 2.45) is 10.4 Å². The van der Waals surface area contributed by atoms with Gasteiger partial charge in [0.25, 0.3) is 0 Å². The van der Waals surface area contributed by atoms with Crippen LogP contribution in [0.15, 0.2) is 23.2 Å². The van der Waals surface area contributed by atoms with Crippen LogP contribution in [0.25, 0.3) is 0 Å². The quantitative estimate of drug-likeness (QED) is 0.497. The fraction of sp³-hybridized carbons (Fsp3) is 0.471. The van der Waals surface area contributed by atoms with Crippen LogP contribution in [0.1, 0.15) is 53.0 Å². The summed E-state index contributed by atoms with van der Waals surface area (Å²) in [6.07, 6.45) is 0. The number of aliphatic imine (C=N–C) groups is 1. The molecule has 100 valence electrons. The Labute approximate surface area is 127 Å². The monoisotopic (exact) mass is 319 g/mol. The summed E-state index contributed by atoms with van der Waals surface area (Å²) in [5.41, 5.74) is 3.52. The van der Waals surface area contributed by atoms with E-state index in [1.165, 1.54) is 0 Å². The Hall–Kier alpha value is -1.07. The third-order valence-corrected chi connectivity index (χ3v) is 3.56. The number of halogens is 1. The van der Waals surface area contributed by atoms with Crippen LogP contribution in [0, 0.1) is 17.3 Å². The zero-order chi connectivity index (χ0) is 15.8. The van der Waals surface area contributed by atoms with E-state index in [1.54, 1.807) is 0 Å². The van der Waals surface area contributed by atoms with E-state index in [4.69, 9.17) is 2.74 Å². The van der Waals surface area contributed by atoms with Gasteiger partial charge in [0, 0.05) is 23.7 Å². The number of hydrogen-bond donors (Lipinski definition) is 0. The van der Waals surface area contributed by atoms with Crippen LogP contribution in [0.4, 0.5) is 0 Å². The molecule has 0 fully saturated rings. The smallest absolute Gasteiger partial charge is 0.0649 e. The predicted molar refractivity (Wildman–Crippen MR) is 86.4 cm³/mol. The fourth-order valence-corrected chi connectivity index (χ4v) is 2.44.